The lowest BCUT2D eigenvalue weighted by atomic mass is 10.1. The predicted molar refractivity (Wildman–Crippen MR) is 87.6 cm³/mol. The Morgan fingerprint density at radius 1 is 1.35 bits per heavy atom. The van der Waals surface area contributed by atoms with E-state index in [1.54, 1.807) is 7.11 Å². The molecular formula is C17H21N3O3. The molecule has 2 aromatic rings. The SMILES string of the molecule is COc1ccc2c(c1)cc(C(=O)N[C@H]1CCCCNC1=O)n2C. The quantitative estimate of drug-likeness (QED) is 0.903. The van der Waals surface area contributed by atoms with Crippen molar-refractivity contribution in [1.29, 1.82) is 0 Å². The molecule has 0 spiro atoms. The molecule has 1 aliphatic heterocycles. The van der Waals surface area contributed by atoms with Crippen LogP contribution in [0.5, 0.6) is 5.75 Å². The molecular weight excluding hydrogens is 294 g/mol. The second kappa shape index (κ2) is 6.32. The highest BCUT2D eigenvalue weighted by atomic mass is 16.5. The summed E-state index contributed by atoms with van der Waals surface area (Å²) in [6.45, 7) is 0.680. The molecule has 1 aromatic carbocycles. The van der Waals surface area contributed by atoms with Crippen LogP contribution < -0.4 is 15.4 Å². The van der Waals surface area contributed by atoms with E-state index in [0.717, 1.165) is 29.5 Å². The van der Waals surface area contributed by atoms with E-state index in [4.69, 9.17) is 4.74 Å². The van der Waals surface area contributed by atoms with E-state index in [1.807, 2.05) is 35.9 Å². The summed E-state index contributed by atoms with van der Waals surface area (Å²) in [5, 5.41) is 6.62. The number of nitrogens with zero attached hydrogens (tertiary/aromatic N) is 1. The molecule has 1 fully saturated rings. The summed E-state index contributed by atoms with van der Waals surface area (Å²) >= 11 is 0. The zero-order valence-corrected chi connectivity index (χ0v) is 13.4. The van der Waals surface area contributed by atoms with Crippen LogP contribution in [-0.2, 0) is 11.8 Å². The fourth-order valence-corrected chi connectivity index (χ4v) is 2.98. The van der Waals surface area contributed by atoms with Crippen LogP contribution in [0, 0.1) is 0 Å². The largest absolute Gasteiger partial charge is 0.497 e. The van der Waals surface area contributed by atoms with Crippen molar-refractivity contribution in [2.24, 2.45) is 7.05 Å². The number of nitrogens with one attached hydrogen (secondary N) is 2. The fraction of sp³-hybridized carbons (Fsp3) is 0.412. The van der Waals surface area contributed by atoms with Gasteiger partial charge >= 0.3 is 0 Å². The van der Waals surface area contributed by atoms with Gasteiger partial charge in [0.25, 0.3) is 5.91 Å². The van der Waals surface area contributed by atoms with Crippen LogP contribution in [0.1, 0.15) is 29.8 Å². The summed E-state index contributed by atoms with van der Waals surface area (Å²) in [5.41, 5.74) is 1.48. The predicted octanol–water partition coefficient (Wildman–Crippen LogP) is 1.59. The summed E-state index contributed by atoms with van der Waals surface area (Å²) in [4.78, 5) is 24.5. The van der Waals surface area contributed by atoms with Gasteiger partial charge in [-0.15, -0.1) is 0 Å². The number of hydrogen-bond donors (Lipinski definition) is 2. The first-order valence-electron chi connectivity index (χ1n) is 7.82. The molecule has 0 radical (unpaired) electrons. The first-order valence-corrected chi connectivity index (χ1v) is 7.82. The highest BCUT2D eigenvalue weighted by molar-refractivity contribution is 6.01. The molecule has 0 unspecified atom stereocenters. The minimum absolute atomic E-state index is 0.101. The molecule has 122 valence electrons. The van der Waals surface area contributed by atoms with E-state index in [9.17, 15) is 9.59 Å². The van der Waals surface area contributed by atoms with Crippen LogP contribution in [0.4, 0.5) is 0 Å². The van der Waals surface area contributed by atoms with Gasteiger partial charge in [0.2, 0.25) is 5.91 Å². The average molecular weight is 315 g/mol. The fourth-order valence-electron chi connectivity index (χ4n) is 2.98. The van der Waals surface area contributed by atoms with Crippen molar-refractivity contribution in [2.75, 3.05) is 13.7 Å². The minimum atomic E-state index is -0.461. The second-order valence-corrected chi connectivity index (χ2v) is 5.83. The monoisotopic (exact) mass is 315 g/mol. The van der Waals surface area contributed by atoms with Crippen LogP contribution in [0.25, 0.3) is 10.9 Å². The third kappa shape index (κ3) is 3.02. The number of hydrogen-bond acceptors (Lipinski definition) is 3. The first kappa shape index (κ1) is 15.4. The van der Waals surface area contributed by atoms with Gasteiger partial charge in [-0.05, 0) is 43.5 Å². The molecule has 0 aliphatic carbocycles. The van der Waals surface area contributed by atoms with E-state index in [2.05, 4.69) is 10.6 Å². The molecule has 1 aliphatic rings. The van der Waals surface area contributed by atoms with Crippen LogP contribution >= 0.6 is 0 Å². The molecule has 2 amide bonds. The van der Waals surface area contributed by atoms with Crippen molar-refractivity contribution in [3.8, 4) is 5.75 Å². The van der Waals surface area contributed by atoms with Gasteiger partial charge in [-0.25, -0.2) is 0 Å². The zero-order chi connectivity index (χ0) is 16.4. The molecule has 6 nitrogen and oxygen atoms in total. The Kier molecular flexibility index (Phi) is 4.23. The molecule has 3 rings (SSSR count). The first-order chi connectivity index (χ1) is 11.1. The van der Waals surface area contributed by atoms with Gasteiger partial charge in [-0.3, -0.25) is 9.59 Å². The number of aryl methyl sites for hydroxylation is 1. The lowest BCUT2D eigenvalue weighted by Gasteiger charge is -2.15. The molecule has 2 heterocycles. The van der Waals surface area contributed by atoms with Gasteiger partial charge in [0.15, 0.2) is 0 Å². The molecule has 0 saturated carbocycles. The van der Waals surface area contributed by atoms with E-state index in [-0.39, 0.29) is 11.8 Å². The minimum Gasteiger partial charge on any atom is -0.497 e. The molecule has 0 bridgehead atoms. The van der Waals surface area contributed by atoms with Gasteiger partial charge in [0.1, 0.15) is 17.5 Å². The number of carbonyl (C=O) groups is 2. The number of rotatable bonds is 3. The number of fused-ring (bicyclic) bond motifs is 1. The van der Waals surface area contributed by atoms with Crippen LogP contribution in [0.3, 0.4) is 0 Å². The number of ether oxygens (including phenoxy) is 1. The van der Waals surface area contributed by atoms with Crippen molar-refractivity contribution in [1.82, 2.24) is 15.2 Å². The van der Waals surface area contributed by atoms with Gasteiger partial charge in [0, 0.05) is 24.5 Å². The van der Waals surface area contributed by atoms with Crippen molar-refractivity contribution < 1.29 is 14.3 Å². The number of carbonyl (C=O) groups excluding carboxylic acids is 2. The summed E-state index contributed by atoms with van der Waals surface area (Å²) < 4.78 is 7.05. The number of aromatic nitrogens is 1. The van der Waals surface area contributed by atoms with E-state index >= 15 is 0 Å². The van der Waals surface area contributed by atoms with Crippen molar-refractivity contribution >= 4 is 22.7 Å². The topological polar surface area (TPSA) is 72.4 Å². The number of amides is 2. The maximum Gasteiger partial charge on any atom is 0.268 e. The van der Waals surface area contributed by atoms with Crippen molar-refractivity contribution in [3.63, 3.8) is 0 Å². The molecule has 1 aromatic heterocycles. The molecule has 23 heavy (non-hydrogen) atoms. The summed E-state index contributed by atoms with van der Waals surface area (Å²) in [6, 6.07) is 7.04. The lowest BCUT2D eigenvalue weighted by Crippen LogP contribution is -2.45. The Labute approximate surface area is 134 Å². The highest BCUT2D eigenvalue weighted by Crippen LogP contribution is 2.24. The van der Waals surface area contributed by atoms with Gasteiger partial charge in [0.05, 0.1) is 7.11 Å². The standard InChI is InChI=1S/C17H21N3O3/c1-20-14-7-6-12(23-2)9-11(14)10-15(20)17(22)19-13-5-3-4-8-18-16(13)21/h6-7,9-10,13H,3-5,8H2,1-2H3,(H,18,21)(H,19,22)/t13-/m0/s1. The molecule has 6 heteroatoms. The van der Waals surface area contributed by atoms with Crippen molar-refractivity contribution in [3.05, 3.63) is 30.0 Å². The van der Waals surface area contributed by atoms with Gasteiger partial charge in [-0.2, -0.15) is 0 Å². The van der Waals surface area contributed by atoms with Crippen molar-refractivity contribution in [2.45, 2.75) is 25.3 Å². The van der Waals surface area contributed by atoms with Gasteiger partial charge < -0.3 is 19.9 Å². The highest BCUT2D eigenvalue weighted by Gasteiger charge is 2.24. The summed E-state index contributed by atoms with van der Waals surface area (Å²) in [5.74, 6) is 0.416. The number of benzene rings is 1. The number of methoxy groups -OCH3 is 1. The van der Waals surface area contributed by atoms with Gasteiger partial charge in [-0.1, -0.05) is 0 Å². The Balaban J connectivity index is 1.85. The van der Waals surface area contributed by atoms with Crippen LogP contribution in [0.2, 0.25) is 0 Å². The Hall–Kier alpha value is -2.50. The maximum absolute atomic E-state index is 12.6. The van der Waals surface area contributed by atoms with E-state index in [0.29, 0.717) is 18.7 Å². The Morgan fingerprint density at radius 2 is 2.17 bits per heavy atom. The average Bonchev–Trinajstić information content (AvgIpc) is 2.75. The smallest absolute Gasteiger partial charge is 0.268 e. The Morgan fingerprint density at radius 3 is 2.96 bits per heavy atom. The van der Waals surface area contributed by atoms with E-state index < -0.39 is 6.04 Å². The zero-order valence-electron chi connectivity index (χ0n) is 13.4. The van der Waals surface area contributed by atoms with Crippen LogP contribution in [0.15, 0.2) is 24.3 Å². The molecule has 1 saturated heterocycles. The lowest BCUT2D eigenvalue weighted by molar-refractivity contribution is -0.122. The third-order valence-electron chi connectivity index (χ3n) is 4.32. The van der Waals surface area contributed by atoms with E-state index in [1.165, 1.54) is 0 Å². The molecule has 1 atom stereocenters. The summed E-state index contributed by atoms with van der Waals surface area (Å²) in [7, 11) is 3.46. The third-order valence-corrected chi connectivity index (χ3v) is 4.32. The molecule has 2 N–H and O–H groups in total. The van der Waals surface area contributed by atoms with Crippen LogP contribution in [-0.4, -0.2) is 36.1 Å². The normalized spacial score (nSPS) is 18.3. The maximum atomic E-state index is 12.6. The second-order valence-electron chi connectivity index (χ2n) is 5.83. The Bertz CT molecular complexity index is 751. The summed E-state index contributed by atoms with van der Waals surface area (Å²) in [6.07, 6.45) is 2.55.